The minimum absolute atomic E-state index is 0.0984. The first-order valence-electron chi connectivity index (χ1n) is 10.9. The molecular formula is C27H30N2O3S. The van der Waals surface area contributed by atoms with Gasteiger partial charge in [-0.15, -0.1) is 11.3 Å². The van der Waals surface area contributed by atoms with E-state index in [9.17, 15) is 4.79 Å². The number of rotatable bonds is 11. The fourth-order valence-corrected chi connectivity index (χ4v) is 4.28. The fourth-order valence-electron chi connectivity index (χ4n) is 3.51. The molecule has 1 aromatic carbocycles. The highest BCUT2D eigenvalue weighted by molar-refractivity contribution is 7.11. The highest BCUT2D eigenvalue weighted by Crippen LogP contribution is 2.35. The predicted molar refractivity (Wildman–Crippen MR) is 135 cm³/mol. The van der Waals surface area contributed by atoms with Crippen LogP contribution in [-0.2, 0) is 11.2 Å². The van der Waals surface area contributed by atoms with E-state index in [1.54, 1.807) is 43.9 Å². The number of hydrogen-bond acceptors (Lipinski definition) is 5. The van der Waals surface area contributed by atoms with E-state index in [1.165, 1.54) is 5.56 Å². The normalized spacial score (nSPS) is 12.5. The van der Waals surface area contributed by atoms with Gasteiger partial charge in [-0.25, -0.2) is 0 Å². The number of nitrogens with one attached hydrogen (secondary N) is 1. The predicted octanol–water partition coefficient (Wildman–Crippen LogP) is 5.68. The Morgan fingerprint density at radius 1 is 1.18 bits per heavy atom. The molecule has 172 valence electrons. The highest BCUT2D eigenvalue weighted by atomic mass is 32.1. The SMILES string of the molecule is COc1ccc(/C(=C\C=C\C(=O)N[C@H](C)CCCc2cccnc2)c2cccs2)c(OC)c1. The van der Waals surface area contributed by atoms with E-state index in [4.69, 9.17) is 9.47 Å². The Balaban J connectivity index is 1.64. The quantitative estimate of drug-likeness (QED) is 0.294. The number of amides is 1. The molecule has 0 aliphatic rings. The Bertz CT molecular complexity index is 1080. The molecule has 6 heteroatoms. The molecule has 0 spiro atoms. The summed E-state index contributed by atoms with van der Waals surface area (Å²) < 4.78 is 10.9. The van der Waals surface area contributed by atoms with Gasteiger partial charge in [0.2, 0.25) is 5.91 Å². The zero-order chi connectivity index (χ0) is 23.5. The number of carbonyl (C=O) groups is 1. The second-order valence-corrected chi connectivity index (χ2v) is 8.59. The maximum absolute atomic E-state index is 12.4. The van der Waals surface area contributed by atoms with Crippen molar-refractivity contribution in [3.8, 4) is 11.5 Å². The fraction of sp³-hybridized carbons (Fsp3) is 0.259. The largest absolute Gasteiger partial charge is 0.497 e. The number of allylic oxidation sites excluding steroid dienone is 2. The minimum Gasteiger partial charge on any atom is -0.497 e. The Kier molecular flexibility index (Phi) is 9.27. The van der Waals surface area contributed by atoms with Crippen LogP contribution in [0.3, 0.4) is 0 Å². The molecule has 3 rings (SSSR count). The molecule has 0 bridgehead atoms. The van der Waals surface area contributed by atoms with Crippen molar-refractivity contribution >= 4 is 22.8 Å². The van der Waals surface area contributed by atoms with E-state index in [1.807, 2.05) is 54.9 Å². The number of hydrogen-bond donors (Lipinski definition) is 1. The lowest BCUT2D eigenvalue weighted by Crippen LogP contribution is -2.31. The van der Waals surface area contributed by atoms with Crippen LogP contribution in [0.2, 0.25) is 0 Å². The minimum atomic E-state index is -0.104. The molecular weight excluding hydrogens is 432 g/mol. The number of thiophene rings is 1. The maximum atomic E-state index is 12.4. The number of ether oxygens (including phenoxy) is 2. The van der Waals surface area contributed by atoms with Gasteiger partial charge in [-0.2, -0.15) is 0 Å². The molecule has 0 aliphatic carbocycles. The second-order valence-electron chi connectivity index (χ2n) is 7.65. The molecule has 33 heavy (non-hydrogen) atoms. The summed E-state index contributed by atoms with van der Waals surface area (Å²) >= 11 is 1.64. The monoisotopic (exact) mass is 462 g/mol. The second kappa shape index (κ2) is 12.6. The van der Waals surface area contributed by atoms with Crippen molar-refractivity contribution in [2.24, 2.45) is 0 Å². The van der Waals surface area contributed by atoms with E-state index >= 15 is 0 Å². The van der Waals surface area contributed by atoms with Crippen molar-refractivity contribution in [1.29, 1.82) is 0 Å². The highest BCUT2D eigenvalue weighted by Gasteiger charge is 2.12. The molecule has 0 aliphatic heterocycles. The molecule has 5 nitrogen and oxygen atoms in total. The molecule has 2 heterocycles. The van der Waals surface area contributed by atoms with Gasteiger partial charge in [-0.3, -0.25) is 9.78 Å². The van der Waals surface area contributed by atoms with Gasteiger partial charge < -0.3 is 14.8 Å². The Labute approximate surface area is 199 Å². The maximum Gasteiger partial charge on any atom is 0.244 e. The van der Waals surface area contributed by atoms with Gasteiger partial charge in [0.05, 0.1) is 14.2 Å². The zero-order valence-corrected chi connectivity index (χ0v) is 20.1. The molecule has 0 saturated heterocycles. The molecule has 2 aromatic heterocycles. The zero-order valence-electron chi connectivity index (χ0n) is 19.3. The van der Waals surface area contributed by atoms with Crippen LogP contribution >= 0.6 is 11.3 Å². The number of aryl methyl sites for hydroxylation is 1. The molecule has 1 N–H and O–H groups in total. The van der Waals surface area contributed by atoms with Crippen LogP contribution in [0.4, 0.5) is 0 Å². The number of carbonyl (C=O) groups excluding carboxylic acids is 1. The topological polar surface area (TPSA) is 60.5 Å². The van der Waals surface area contributed by atoms with E-state index in [0.29, 0.717) is 5.75 Å². The summed E-state index contributed by atoms with van der Waals surface area (Å²) in [6, 6.07) is 13.9. The molecule has 0 saturated carbocycles. The van der Waals surface area contributed by atoms with Crippen molar-refractivity contribution < 1.29 is 14.3 Å². The summed E-state index contributed by atoms with van der Waals surface area (Å²) in [4.78, 5) is 17.7. The van der Waals surface area contributed by atoms with Crippen LogP contribution < -0.4 is 14.8 Å². The van der Waals surface area contributed by atoms with Crippen LogP contribution in [0, 0.1) is 0 Å². The van der Waals surface area contributed by atoms with Crippen molar-refractivity contribution in [1.82, 2.24) is 10.3 Å². The lowest BCUT2D eigenvalue weighted by atomic mass is 10.0. The average Bonchev–Trinajstić information content (AvgIpc) is 3.37. The standard InChI is InChI=1S/C27H30N2O3S/c1-20(8-4-9-21-10-6-16-28-19-21)29-27(30)13-5-11-24(26-12-7-17-33-26)23-15-14-22(31-2)18-25(23)32-3/h5-7,10-20H,4,8-9H2,1-3H3,(H,29,30)/b13-5+,24-11+/t20-/m1/s1. The number of benzene rings is 1. The van der Waals surface area contributed by atoms with Crippen LogP contribution in [-0.4, -0.2) is 31.2 Å². The van der Waals surface area contributed by atoms with E-state index in [0.717, 1.165) is 41.0 Å². The lowest BCUT2D eigenvalue weighted by molar-refractivity contribution is -0.117. The van der Waals surface area contributed by atoms with Gasteiger partial charge in [0.25, 0.3) is 0 Å². The number of pyridine rings is 1. The van der Waals surface area contributed by atoms with Gasteiger partial charge in [0.15, 0.2) is 0 Å². The first-order chi connectivity index (χ1) is 16.1. The van der Waals surface area contributed by atoms with Crippen LogP contribution in [0.5, 0.6) is 11.5 Å². The third kappa shape index (κ3) is 7.32. The molecule has 0 fully saturated rings. The van der Waals surface area contributed by atoms with Crippen LogP contribution in [0.25, 0.3) is 5.57 Å². The number of aromatic nitrogens is 1. The molecule has 3 aromatic rings. The molecule has 1 amide bonds. The van der Waals surface area contributed by atoms with Crippen molar-refractivity contribution in [3.05, 3.63) is 94.5 Å². The molecule has 0 unspecified atom stereocenters. The van der Waals surface area contributed by atoms with Crippen LogP contribution in [0.1, 0.15) is 35.8 Å². The van der Waals surface area contributed by atoms with E-state index in [2.05, 4.69) is 22.4 Å². The van der Waals surface area contributed by atoms with Gasteiger partial charge in [-0.05, 0) is 61.4 Å². The Morgan fingerprint density at radius 3 is 2.76 bits per heavy atom. The van der Waals surface area contributed by atoms with Gasteiger partial charge in [0, 0.05) is 46.6 Å². The lowest BCUT2D eigenvalue weighted by Gasteiger charge is -2.13. The Hall–Kier alpha value is -3.38. The summed E-state index contributed by atoms with van der Waals surface area (Å²) in [6.45, 7) is 2.03. The van der Waals surface area contributed by atoms with Crippen molar-refractivity contribution in [2.45, 2.75) is 32.2 Å². The van der Waals surface area contributed by atoms with Gasteiger partial charge in [-0.1, -0.05) is 24.3 Å². The summed E-state index contributed by atoms with van der Waals surface area (Å²) in [7, 11) is 3.27. The summed E-state index contributed by atoms with van der Waals surface area (Å²) in [5.74, 6) is 1.34. The third-order valence-electron chi connectivity index (χ3n) is 5.21. The summed E-state index contributed by atoms with van der Waals surface area (Å²) in [5, 5.41) is 5.07. The molecule has 0 radical (unpaired) electrons. The van der Waals surface area contributed by atoms with Gasteiger partial charge in [0.1, 0.15) is 11.5 Å². The number of nitrogens with zero attached hydrogens (tertiary/aromatic N) is 1. The molecule has 1 atom stereocenters. The average molecular weight is 463 g/mol. The first kappa shape index (κ1) is 24.3. The van der Waals surface area contributed by atoms with Crippen molar-refractivity contribution in [2.75, 3.05) is 14.2 Å². The van der Waals surface area contributed by atoms with Gasteiger partial charge >= 0.3 is 0 Å². The van der Waals surface area contributed by atoms with E-state index < -0.39 is 0 Å². The summed E-state index contributed by atoms with van der Waals surface area (Å²) in [5.41, 5.74) is 3.14. The first-order valence-corrected chi connectivity index (χ1v) is 11.8. The summed E-state index contributed by atoms with van der Waals surface area (Å²) in [6.07, 6.45) is 11.8. The van der Waals surface area contributed by atoms with Crippen molar-refractivity contribution in [3.63, 3.8) is 0 Å². The van der Waals surface area contributed by atoms with Crippen LogP contribution in [0.15, 0.2) is 78.5 Å². The third-order valence-corrected chi connectivity index (χ3v) is 6.11. The van der Waals surface area contributed by atoms with E-state index in [-0.39, 0.29) is 11.9 Å². The Morgan fingerprint density at radius 2 is 2.06 bits per heavy atom. The smallest absolute Gasteiger partial charge is 0.244 e. The number of methoxy groups -OCH3 is 2.